The molecule has 9 heteroatoms. The molecule has 0 aromatic heterocycles. The van der Waals surface area contributed by atoms with Crippen LogP contribution >= 0.6 is 0 Å². The van der Waals surface area contributed by atoms with Crippen LogP contribution in [0, 0.1) is 0 Å². The predicted octanol–water partition coefficient (Wildman–Crippen LogP) is -5.62. The van der Waals surface area contributed by atoms with Gasteiger partial charge in [-0.2, -0.15) is 0 Å². The first-order chi connectivity index (χ1) is 2.00. The summed E-state index contributed by atoms with van der Waals surface area (Å²) < 4.78 is 34.3. The van der Waals surface area contributed by atoms with Crippen molar-refractivity contribution in [2.45, 2.75) is 0 Å². The van der Waals surface area contributed by atoms with Crippen molar-refractivity contribution < 1.29 is 115 Å². The summed E-state index contributed by atoms with van der Waals surface area (Å²) in [6.45, 7) is 0. The first-order valence-corrected chi connectivity index (χ1v) is 2.54. The van der Waals surface area contributed by atoms with Gasteiger partial charge in [0.2, 0.25) is 0 Å². The molecule has 0 saturated carbocycles. The molecule has 0 amide bonds. The van der Waals surface area contributed by atoms with Crippen molar-refractivity contribution >= 4 is 0 Å². The zero-order chi connectivity index (χ0) is 4.50. The molecule has 0 rings (SSSR count). The molecule has 9 heavy (non-hydrogen) atoms. The van der Waals surface area contributed by atoms with Gasteiger partial charge in [-0.1, -0.05) is 0 Å². The van der Waals surface area contributed by atoms with Crippen LogP contribution in [0.15, 0.2) is 0 Å². The second kappa shape index (κ2) is 13.4. The van der Waals surface area contributed by atoms with Crippen LogP contribution in [0.5, 0.6) is 0 Å². The minimum Gasteiger partial charge on any atom is 4.00 e. The second-order valence-corrected chi connectivity index (χ2v) is 1.56. The summed E-state index contributed by atoms with van der Waals surface area (Å²) in [4.78, 5) is 0. The molecule has 0 fully saturated rings. The third-order valence-corrected chi connectivity index (χ3v) is 0. The third-order valence-electron chi connectivity index (χ3n) is 0. The Bertz CT molecular complexity index is 104. The summed E-state index contributed by atoms with van der Waals surface area (Å²) in [5.74, 6) is 0. The van der Waals surface area contributed by atoms with E-state index in [-0.39, 0.29) is 85.4 Å². The predicted molar refractivity (Wildman–Crippen MR) is 1.37 cm³/mol. The van der Waals surface area contributed by atoms with E-state index in [0.29, 0.717) is 0 Å². The van der Waals surface area contributed by atoms with Crippen molar-refractivity contribution in [2.24, 2.45) is 0 Å². The standard InChI is InChI=1S/Cu.Fe.Mn.Na.4O.Ti/q2*+2;;+1;;;2*-1;+4. The molecule has 0 N–H and O–H groups in total. The fourth-order valence-electron chi connectivity index (χ4n) is 0. The van der Waals surface area contributed by atoms with Gasteiger partial charge in [-0.05, 0) is 0 Å². The van der Waals surface area contributed by atoms with Crippen molar-refractivity contribution in [3.8, 4) is 0 Å². The minimum absolute atomic E-state index is 0. The molecule has 0 saturated heterocycles. The van der Waals surface area contributed by atoms with E-state index in [2.05, 4.69) is 0 Å². The summed E-state index contributed by atoms with van der Waals surface area (Å²) in [5.41, 5.74) is 0. The van der Waals surface area contributed by atoms with Gasteiger partial charge in [-0.15, -0.1) is 0 Å². The quantitative estimate of drug-likeness (QED) is 0.418. The van der Waals surface area contributed by atoms with Crippen LogP contribution in [0.2, 0.25) is 0 Å². The molecule has 48 valence electrons. The van der Waals surface area contributed by atoms with Crippen molar-refractivity contribution in [2.75, 3.05) is 0 Å². The fraction of sp³-hybridized carbons (Fsp3) is 0. The third kappa shape index (κ3) is 107. The van der Waals surface area contributed by atoms with Crippen LogP contribution in [0.1, 0.15) is 0 Å². The first-order valence-electron chi connectivity index (χ1n) is 0.617. The molecule has 0 aromatic carbocycles. The van der Waals surface area contributed by atoms with Crippen LogP contribution in [-0.4, -0.2) is 0 Å². The van der Waals surface area contributed by atoms with Crippen LogP contribution in [0.4, 0.5) is 0 Å². The average molecular weight is 309 g/mol. The van der Waals surface area contributed by atoms with E-state index < -0.39 is 13.4 Å². The van der Waals surface area contributed by atoms with Crippen molar-refractivity contribution in [1.82, 2.24) is 0 Å². The summed E-state index contributed by atoms with van der Waals surface area (Å²) in [6.07, 6.45) is 0. The molecule has 1 radical (unpaired) electrons. The number of hydrogen-bond acceptors (Lipinski definition) is 4. The number of hydrogen-bond donors (Lipinski definition) is 0. The Balaban J connectivity index is -0.0000000133. The monoisotopic (exact) mass is 309 g/mol. The molecular formula is CuFeMnNaO4Ti+7. The van der Waals surface area contributed by atoms with Gasteiger partial charge in [0.05, 0.1) is 0 Å². The molecule has 4 nitrogen and oxygen atoms in total. The maximum atomic E-state index is 8.58. The van der Waals surface area contributed by atoms with Gasteiger partial charge in [0.25, 0.3) is 0 Å². The maximum Gasteiger partial charge on any atom is 4.00 e. The van der Waals surface area contributed by atoms with Crippen LogP contribution in [0.3, 0.4) is 0 Å². The van der Waals surface area contributed by atoms with Crippen molar-refractivity contribution in [3.05, 3.63) is 0 Å². The van der Waals surface area contributed by atoms with E-state index in [1.807, 2.05) is 0 Å². The molecule has 0 heterocycles. The zero-order valence-electron chi connectivity index (χ0n) is 4.17. The second-order valence-electron chi connectivity index (χ2n) is 0.378. The van der Waals surface area contributed by atoms with E-state index in [9.17, 15) is 0 Å². The van der Waals surface area contributed by atoms with Crippen LogP contribution < -0.4 is 37.9 Å². The SMILES string of the molecule is [Cu+2].[Fe+2].[Na+].[O]=[Mn](=[O])([O-])[O-].[Ti+4]. The molecule has 0 spiro atoms. The summed E-state index contributed by atoms with van der Waals surface area (Å²) in [6, 6.07) is 0. The Kier molecular flexibility index (Phi) is 44.3. The van der Waals surface area contributed by atoms with E-state index >= 15 is 0 Å². The first kappa shape index (κ1) is 29.8. The molecule has 0 bridgehead atoms. The van der Waals surface area contributed by atoms with Gasteiger partial charge < -0.3 is 0 Å². The number of rotatable bonds is 0. The van der Waals surface area contributed by atoms with Crippen molar-refractivity contribution in [3.63, 3.8) is 0 Å². The van der Waals surface area contributed by atoms with Gasteiger partial charge in [0, 0.05) is 0 Å². The van der Waals surface area contributed by atoms with Gasteiger partial charge in [0.15, 0.2) is 0 Å². The maximum absolute atomic E-state index is 8.58. The largest absolute Gasteiger partial charge is 4.00 e. The van der Waals surface area contributed by atoms with Crippen LogP contribution in [-0.2, 0) is 76.9 Å². The Morgan fingerprint density at radius 1 is 1.11 bits per heavy atom. The van der Waals surface area contributed by atoms with Gasteiger partial charge in [-0.3, -0.25) is 0 Å². The molecular weight excluding hydrogens is 309 g/mol. The van der Waals surface area contributed by atoms with Crippen LogP contribution in [0.25, 0.3) is 0 Å². The Morgan fingerprint density at radius 3 is 1.11 bits per heavy atom. The average Bonchev–Trinajstić information content (AvgIpc) is 0.722. The molecule has 0 aliphatic rings. The Hall–Kier alpha value is 2.79. The molecule has 0 aliphatic carbocycles. The molecule has 0 aromatic rings. The normalized spacial score (nSPS) is 6.44. The summed E-state index contributed by atoms with van der Waals surface area (Å²) in [7, 11) is 0. The zero-order valence-corrected chi connectivity index (χ0v) is 11.0. The fourth-order valence-corrected chi connectivity index (χ4v) is 0. The van der Waals surface area contributed by atoms with E-state index in [4.69, 9.17) is 16.0 Å². The Morgan fingerprint density at radius 2 is 1.11 bits per heavy atom. The van der Waals surface area contributed by atoms with Crippen molar-refractivity contribution in [1.29, 1.82) is 0 Å². The summed E-state index contributed by atoms with van der Waals surface area (Å²) >= 11 is -5.62. The Labute approximate surface area is 113 Å². The van der Waals surface area contributed by atoms with E-state index in [0.717, 1.165) is 0 Å². The van der Waals surface area contributed by atoms with Gasteiger partial charge >= 0.3 is 115 Å². The van der Waals surface area contributed by atoms with E-state index in [1.54, 1.807) is 0 Å². The molecule has 0 atom stereocenters. The minimum atomic E-state index is -5.62. The summed E-state index contributed by atoms with van der Waals surface area (Å²) in [5, 5.41) is 0. The van der Waals surface area contributed by atoms with E-state index in [1.165, 1.54) is 0 Å². The smallest absolute Gasteiger partial charge is 4.00 e. The molecule has 0 unspecified atom stereocenters. The topological polar surface area (TPSA) is 80.3 Å². The molecule has 0 aliphatic heterocycles. The van der Waals surface area contributed by atoms with Gasteiger partial charge in [0.1, 0.15) is 0 Å². The van der Waals surface area contributed by atoms with Gasteiger partial charge in [-0.25, -0.2) is 0 Å².